The molecule has 1 saturated heterocycles. The Kier molecular flexibility index (Phi) is 4.59. The van der Waals surface area contributed by atoms with Gasteiger partial charge in [0.1, 0.15) is 0 Å². The number of hydrogen-bond acceptors (Lipinski definition) is 2. The molecule has 1 aromatic rings. The summed E-state index contributed by atoms with van der Waals surface area (Å²) in [6, 6.07) is 8.91. The smallest absolute Gasteiger partial charge is 0.223 e. The Balaban J connectivity index is 1.95. The lowest BCUT2D eigenvalue weighted by Gasteiger charge is -2.39. The van der Waals surface area contributed by atoms with Crippen molar-refractivity contribution in [2.24, 2.45) is 0 Å². The zero-order valence-corrected chi connectivity index (χ0v) is 12.1. The summed E-state index contributed by atoms with van der Waals surface area (Å²) in [6.07, 6.45) is 1.45. The van der Waals surface area contributed by atoms with E-state index in [4.69, 9.17) is 0 Å². The summed E-state index contributed by atoms with van der Waals surface area (Å²) in [5.41, 5.74) is 2.56. The predicted octanol–water partition coefficient (Wildman–Crippen LogP) is 2.14. The Bertz CT molecular complexity index is 434. The number of nitrogens with one attached hydrogen (secondary N) is 1. The van der Waals surface area contributed by atoms with E-state index >= 15 is 0 Å². The molecule has 1 amide bonds. The molecule has 0 bridgehead atoms. The third kappa shape index (κ3) is 3.35. The van der Waals surface area contributed by atoms with Crippen molar-refractivity contribution in [3.05, 3.63) is 35.4 Å². The number of hydrogen-bond donors (Lipinski definition) is 1. The van der Waals surface area contributed by atoms with Crippen molar-refractivity contribution in [1.29, 1.82) is 0 Å². The Labute approximate surface area is 116 Å². The molecular weight excluding hydrogens is 236 g/mol. The maximum absolute atomic E-state index is 12.4. The van der Waals surface area contributed by atoms with Crippen LogP contribution in [0.15, 0.2) is 24.3 Å². The molecule has 0 radical (unpaired) electrons. The molecule has 104 valence electrons. The van der Waals surface area contributed by atoms with Gasteiger partial charge in [0.2, 0.25) is 5.91 Å². The van der Waals surface area contributed by atoms with Crippen LogP contribution < -0.4 is 5.32 Å². The van der Waals surface area contributed by atoms with Gasteiger partial charge in [-0.25, -0.2) is 0 Å². The van der Waals surface area contributed by atoms with E-state index in [0.717, 1.165) is 19.5 Å². The van der Waals surface area contributed by atoms with Crippen molar-refractivity contribution >= 4 is 5.91 Å². The minimum absolute atomic E-state index is 0.282. The largest absolute Gasteiger partial charge is 0.335 e. The number of rotatable bonds is 3. The summed E-state index contributed by atoms with van der Waals surface area (Å²) in [5.74, 6) is 0.282. The fraction of sp³-hybridized carbons (Fsp3) is 0.562. The summed E-state index contributed by atoms with van der Waals surface area (Å²) in [7, 11) is 0. The molecule has 0 spiro atoms. The molecule has 3 heteroatoms. The van der Waals surface area contributed by atoms with E-state index in [0.29, 0.717) is 18.5 Å². The van der Waals surface area contributed by atoms with Gasteiger partial charge in [0.25, 0.3) is 0 Å². The monoisotopic (exact) mass is 260 g/mol. The molecule has 1 aliphatic heterocycles. The number of carbonyl (C=O) groups is 1. The SMILES string of the molecule is Cc1ccccc1CCC(=O)N1C(C)CNCC1C. The molecule has 2 rings (SSSR count). The third-order valence-corrected chi connectivity index (χ3v) is 3.99. The van der Waals surface area contributed by atoms with Crippen LogP contribution in [0.5, 0.6) is 0 Å². The minimum atomic E-state index is 0.282. The fourth-order valence-corrected chi connectivity index (χ4v) is 2.89. The lowest BCUT2D eigenvalue weighted by Crippen LogP contribution is -2.57. The lowest BCUT2D eigenvalue weighted by molar-refractivity contribution is -0.136. The van der Waals surface area contributed by atoms with Crippen molar-refractivity contribution in [2.75, 3.05) is 13.1 Å². The molecule has 2 unspecified atom stereocenters. The average molecular weight is 260 g/mol. The maximum Gasteiger partial charge on any atom is 0.223 e. The summed E-state index contributed by atoms with van der Waals surface area (Å²) in [4.78, 5) is 14.5. The molecule has 19 heavy (non-hydrogen) atoms. The highest BCUT2D eigenvalue weighted by molar-refractivity contribution is 5.77. The third-order valence-electron chi connectivity index (χ3n) is 3.99. The second kappa shape index (κ2) is 6.20. The maximum atomic E-state index is 12.4. The van der Waals surface area contributed by atoms with Gasteiger partial charge < -0.3 is 10.2 Å². The van der Waals surface area contributed by atoms with Gasteiger partial charge in [0.15, 0.2) is 0 Å². The highest BCUT2D eigenvalue weighted by atomic mass is 16.2. The van der Waals surface area contributed by atoms with E-state index in [1.807, 2.05) is 12.1 Å². The molecule has 1 aliphatic rings. The number of amides is 1. The first kappa shape index (κ1) is 14.1. The van der Waals surface area contributed by atoms with E-state index in [2.05, 4.69) is 43.1 Å². The Morgan fingerprint density at radius 3 is 2.53 bits per heavy atom. The molecule has 0 aliphatic carbocycles. The second-order valence-corrected chi connectivity index (χ2v) is 5.58. The van der Waals surface area contributed by atoms with Crippen LogP contribution in [0.1, 0.15) is 31.4 Å². The first-order valence-electron chi connectivity index (χ1n) is 7.16. The van der Waals surface area contributed by atoms with Crippen molar-refractivity contribution in [3.63, 3.8) is 0 Å². The van der Waals surface area contributed by atoms with Crippen LogP contribution in [0.4, 0.5) is 0 Å². The lowest BCUT2D eigenvalue weighted by atomic mass is 10.0. The summed E-state index contributed by atoms with van der Waals surface area (Å²) >= 11 is 0. The molecule has 3 nitrogen and oxygen atoms in total. The molecule has 2 atom stereocenters. The van der Waals surface area contributed by atoms with E-state index < -0.39 is 0 Å². The van der Waals surface area contributed by atoms with E-state index in [1.165, 1.54) is 11.1 Å². The summed E-state index contributed by atoms with van der Waals surface area (Å²) in [6.45, 7) is 8.15. The van der Waals surface area contributed by atoms with Crippen LogP contribution >= 0.6 is 0 Å². The minimum Gasteiger partial charge on any atom is -0.335 e. The normalized spacial score (nSPS) is 23.4. The van der Waals surface area contributed by atoms with Crippen LogP contribution in [0.2, 0.25) is 0 Å². The van der Waals surface area contributed by atoms with Crippen LogP contribution in [0.25, 0.3) is 0 Å². The highest BCUT2D eigenvalue weighted by Gasteiger charge is 2.28. The number of piperazine rings is 1. The molecule has 0 aromatic heterocycles. The molecule has 1 heterocycles. The van der Waals surface area contributed by atoms with Crippen LogP contribution in [0.3, 0.4) is 0 Å². The Morgan fingerprint density at radius 1 is 1.26 bits per heavy atom. The van der Waals surface area contributed by atoms with Gasteiger partial charge in [0.05, 0.1) is 0 Å². The number of nitrogens with zero attached hydrogens (tertiary/aromatic N) is 1. The second-order valence-electron chi connectivity index (χ2n) is 5.58. The van der Waals surface area contributed by atoms with E-state index in [-0.39, 0.29) is 5.91 Å². The zero-order chi connectivity index (χ0) is 13.8. The fourth-order valence-electron chi connectivity index (χ4n) is 2.89. The van der Waals surface area contributed by atoms with Gasteiger partial charge >= 0.3 is 0 Å². The molecule has 1 aromatic carbocycles. The Hall–Kier alpha value is -1.35. The van der Waals surface area contributed by atoms with Gasteiger partial charge in [-0.05, 0) is 38.3 Å². The molecular formula is C16H24N2O. The predicted molar refractivity (Wildman–Crippen MR) is 78.1 cm³/mol. The van der Waals surface area contributed by atoms with E-state index in [1.54, 1.807) is 0 Å². The topological polar surface area (TPSA) is 32.3 Å². The average Bonchev–Trinajstić information content (AvgIpc) is 2.37. The molecule has 0 saturated carbocycles. The van der Waals surface area contributed by atoms with Gasteiger partial charge in [0, 0.05) is 31.6 Å². The van der Waals surface area contributed by atoms with Gasteiger partial charge in [-0.2, -0.15) is 0 Å². The standard InChI is InChI=1S/C16H24N2O/c1-12-6-4-5-7-15(12)8-9-16(19)18-13(2)10-17-11-14(18)3/h4-7,13-14,17H,8-11H2,1-3H3. The van der Waals surface area contributed by atoms with Crippen molar-refractivity contribution in [1.82, 2.24) is 10.2 Å². The number of benzene rings is 1. The Morgan fingerprint density at radius 2 is 1.89 bits per heavy atom. The summed E-state index contributed by atoms with van der Waals surface area (Å²) in [5, 5.41) is 3.36. The van der Waals surface area contributed by atoms with Crippen LogP contribution in [-0.2, 0) is 11.2 Å². The van der Waals surface area contributed by atoms with Gasteiger partial charge in [-0.3, -0.25) is 4.79 Å². The number of carbonyl (C=O) groups excluding carboxylic acids is 1. The van der Waals surface area contributed by atoms with E-state index in [9.17, 15) is 4.79 Å². The molecule has 1 N–H and O–H groups in total. The zero-order valence-electron chi connectivity index (χ0n) is 12.1. The highest BCUT2D eigenvalue weighted by Crippen LogP contribution is 2.15. The van der Waals surface area contributed by atoms with Crippen molar-refractivity contribution in [3.8, 4) is 0 Å². The van der Waals surface area contributed by atoms with Crippen LogP contribution in [0, 0.1) is 6.92 Å². The van der Waals surface area contributed by atoms with Gasteiger partial charge in [-0.15, -0.1) is 0 Å². The first-order chi connectivity index (χ1) is 9.09. The van der Waals surface area contributed by atoms with Gasteiger partial charge in [-0.1, -0.05) is 24.3 Å². The number of aryl methyl sites for hydroxylation is 2. The first-order valence-corrected chi connectivity index (χ1v) is 7.16. The summed E-state index contributed by atoms with van der Waals surface area (Å²) < 4.78 is 0. The van der Waals surface area contributed by atoms with Crippen molar-refractivity contribution in [2.45, 2.75) is 45.7 Å². The quantitative estimate of drug-likeness (QED) is 0.903. The van der Waals surface area contributed by atoms with Crippen molar-refractivity contribution < 1.29 is 4.79 Å². The molecule has 1 fully saturated rings. The van der Waals surface area contributed by atoms with Crippen LogP contribution in [-0.4, -0.2) is 36.0 Å².